The number of nitrogens with one attached hydrogen (secondary N) is 1. The molecule has 0 heterocycles. The van der Waals surface area contributed by atoms with Crippen molar-refractivity contribution in [2.24, 2.45) is 0 Å². The standard InChI is InChI=1S/C27H27N/c1-21-9-7-14-26-24(21)17-16-23-12-5-6-13-25(23)27(26)15-8-19-28-20-18-22-10-3-2-4-11-22/h2-7,9-17,28H,8,18-20H2,1H3/b27-15-. The van der Waals surface area contributed by atoms with Gasteiger partial charge in [-0.25, -0.2) is 0 Å². The van der Waals surface area contributed by atoms with Crippen molar-refractivity contribution in [1.29, 1.82) is 0 Å². The molecule has 1 heteroatoms. The lowest BCUT2D eigenvalue weighted by Gasteiger charge is -2.13. The van der Waals surface area contributed by atoms with E-state index in [0.717, 1.165) is 25.9 Å². The summed E-state index contributed by atoms with van der Waals surface area (Å²) >= 11 is 0. The fourth-order valence-corrected chi connectivity index (χ4v) is 3.88. The molecule has 1 aliphatic rings. The summed E-state index contributed by atoms with van der Waals surface area (Å²) in [7, 11) is 0. The van der Waals surface area contributed by atoms with Gasteiger partial charge in [0.15, 0.2) is 0 Å². The summed E-state index contributed by atoms with van der Waals surface area (Å²) in [5.41, 5.74) is 9.36. The maximum Gasteiger partial charge on any atom is -0.000823 e. The summed E-state index contributed by atoms with van der Waals surface area (Å²) in [4.78, 5) is 0. The second-order valence-corrected chi connectivity index (χ2v) is 7.35. The van der Waals surface area contributed by atoms with Crippen molar-refractivity contribution in [2.45, 2.75) is 19.8 Å². The fourth-order valence-electron chi connectivity index (χ4n) is 3.88. The Kier molecular flexibility index (Phi) is 5.84. The van der Waals surface area contributed by atoms with Crippen LogP contribution in [0, 0.1) is 6.92 Å². The van der Waals surface area contributed by atoms with E-state index in [2.05, 4.69) is 103 Å². The minimum absolute atomic E-state index is 0.993. The third kappa shape index (κ3) is 4.16. The lowest BCUT2D eigenvalue weighted by molar-refractivity contribution is 0.689. The van der Waals surface area contributed by atoms with Crippen molar-refractivity contribution >= 4 is 17.7 Å². The molecular formula is C27H27N. The maximum absolute atomic E-state index is 3.59. The summed E-state index contributed by atoms with van der Waals surface area (Å²) < 4.78 is 0. The summed E-state index contributed by atoms with van der Waals surface area (Å²) in [6.07, 6.45) is 9.01. The molecule has 0 bridgehead atoms. The van der Waals surface area contributed by atoms with Crippen LogP contribution in [0.5, 0.6) is 0 Å². The number of aryl methyl sites for hydroxylation is 1. The Morgan fingerprint density at radius 3 is 2.43 bits per heavy atom. The van der Waals surface area contributed by atoms with E-state index < -0.39 is 0 Å². The Hall–Kier alpha value is -2.90. The molecule has 0 fully saturated rings. The molecule has 0 atom stereocenters. The lowest BCUT2D eigenvalue weighted by atomic mass is 9.91. The minimum atomic E-state index is 0.993. The molecule has 0 aromatic heterocycles. The van der Waals surface area contributed by atoms with Crippen molar-refractivity contribution in [1.82, 2.24) is 5.32 Å². The number of hydrogen-bond donors (Lipinski definition) is 1. The van der Waals surface area contributed by atoms with Crippen LogP contribution >= 0.6 is 0 Å². The highest BCUT2D eigenvalue weighted by Gasteiger charge is 2.15. The normalized spacial score (nSPS) is 13.8. The van der Waals surface area contributed by atoms with Crippen LogP contribution in [0.1, 0.15) is 39.8 Å². The topological polar surface area (TPSA) is 12.0 Å². The van der Waals surface area contributed by atoms with Crippen LogP contribution in [0.2, 0.25) is 0 Å². The van der Waals surface area contributed by atoms with Crippen LogP contribution in [0.3, 0.4) is 0 Å². The van der Waals surface area contributed by atoms with E-state index in [4.69, 9.17) is 0 Å². The predicted molar refractivity (Wildman–Crippen MR) is 121 cm³/mol. The molecule has 4 rings (SSSR count). The molecule has 1 aliphatic carbocycles. The van der Waals surface area contributed by atoms with E-state index in [9.17, 15) is 0 Å². The second kappa shape index (κ2) is 8.86. The molecule has 0 amide bonds. The quantitative estimate of drug-likeness (QED) is 0.405. The molecule has 140 valence electrons. The first kappa shape index (κ1) is 18.5. The van der Waals surface area contributed by atoms with Crippen molar-refractivity contribution in [2.75, 3.05) is 13.1 Å². The van der Waals surface area contributed by atoms with Gasteiger partial charge < -0.3 is 5.32 Å². The minimum Gasteiger partial charge on any atom is -0.316 e. The van der Waals surface area contributed by atoms with E-state index >= 15 is 0 Å². The Morgan fingerprint density at radius 2 is 1.54 bits per heavy atom. The molecule has 3 aromatic carbocycles. The van der Waals surface area contributed by atoms with Gasteiger partial charge in [0, 0.05) is 0 Å². The second-order valence-electron chi connectivity index (χ2n) is 7.35. The Morgan fingerprint density at radius 1 is 0.750 bits per heavy atom. The Balaban J connectivity index is 1.48. The first-order chi connectivity index (χ1) is 13.8. The van der Waals surface area contributed by atoms with Crippen LogP contribution in [0.15, 0.2) is 78.9 Å². The van der Waals surface area contributed by atoms with Gasteiger partial charge in [-0.3, -0.25) is 0 Å². The lowest BCUT2D eigenvalue weighted by Crippen LogP contribution is -2.18. The molecule has 1 nitrogen and oxygen atoms in total. The molecule has 0 unspecified atom stereocenters. The predicted octanol–water partition coefficient (Wildman–Crippen LogP) is 6.13. The zero-order chi connectivity index (χ0) is 19.2. The SMILES string of the molecule is Cc1cccc2c1C=Cc1ccccc1/C2=C/CCNCCc1ccccc1. The highest BCUT2D eigenvalue weighted by atomic mass is 14.8. The van der Waals surface area contributed by atoms with Gasteiger partial charge in [-0.2, -0.15) is 0 Å². The Bertz CT molecular complexity index is 996. The van der Waals surface area contributed by atoms with E-state index in [1.165, 1.54) is 39.0 Å². The van der Waals surface area contributed by atoms with Crippen molar-refractivity contribution < 1.29 is 0 Å². The molecule has 0 aliphatic heterocycles. The van der Waals surface area contributed by atoms with Crippen molar-refractivity contribution in [3.8, 4) is 0 Å². The third-order valence-electron chi connectivity index (χ3n) is 5.40. The molecular weight excluding hydrogens is 338 g/mol. The van der Waals surface area contributed by atoms with E-state index in [1.807, 2.05) is 0 Å². The van der Waals surface area contributed by atoms with Crippen LogP contribution in [0.4, 0.5) is 0 Å². The first-order valence-electron chi connectivity index (χ1n) is 10.2. The van der Waals surface area contributed by atoms with E-state index in [0.29, 0.717) is 0 Å². The molecule has 1 N–H and O–H groups in total. The zero-order valence-electron chi connectivity index (χ0n) is 16.5. The zero-order valence-corrected chi connectivity index (χ0v) is 16.5. The van der Waals surface area contributed by atoms with Gasteiger partial charge in [-0.1, -0.05) is 91.0 Å². The molecule has 0 radical (unpaired) electrons. The fraction of sp³-hybridized carbons (Fsp3) is 0.185. The van der Waals surface area contributed by atoms with Crippen molar-refractivity contribution in [3.63, 3.8) is 0 Å². The third-order valence-corrected chi connectivity index (χ3v) is 5.40. The average molecular weight is 366 g/mol. The van der Waals surface area contributed by atoms with Gasteiger partial charge in [0.25, 0.3) is 0 Å². The van der Waals surface area contributed by atoms with Crippen LogP contribution < -0.4 is 5.32 Å². The first-order valence-corrected chi connectivity index (χ1v) is 10.2. The largest absolute Gasteiger partial charge is 0.316 e. The van der Waals surface area contributed by atoms with E-state index in [1.54, 1.807) is 0 Å². The molecule has 0 spiro atoms. The summed E-state index contributed by atoms with van der Waals surface area (Å²) in [6, 6.07) is 26.0. The van der Waals surface area contributed by atoms with Gasteiger partial charge in [-0.05, 0) is 71.8 Å². The number of fused-ring (bicyclic) bond motifs is 2. The van der Waals surface area contributed by atoms with Crippen molar-refractivity contribution in [3.05, 3.63) is 112 Å². The summed E-state index contributed by atoms with van der Waals surface area (Å²) in [5.74, 6) is 0. The summed E-state index contributed by atoms with van der Waals surface area (Å²) in [5, 5.41) is 3.59. The average Bonchev–Trinajstić information content (AvgIpc) is 2.89. The van der Waals surface area contributed by atoms with Gasteiger partial charge in [0.05, 0.1) is 0 Å². The molecule has 3 aromatic rings. The molecule has 28 heavy (non-hydrogen) atoms. The maximum atomic E-state index is 3.59. The smallest absolute Gasteiger partial charge is 0.000823 e. The highest BCUT2D eigenvalue weighted by Crippen LogP contribution is 2.35. The number of hydrogen-bond acceptors (Lipinski definition) is 1. The summed E-state index contributed by atoms with van der Waals surface area (Å²) in [6.45, 7) is 4.20. The monoisotopic (exact) mass is 365 g/mol. The molecule has 0 saturated carbocycles. The van der Waals surface area contributed by atoms with Gasteiger partial charge in [0.1, 0.15) is 0 Å². The van der Waals surface area contributed by atoms with Gasteiger partial charge >= 0.3 is 0 Å². The number of rotatable bonds is 6. The van der Waals surface area contributed by atoms with Gasteiger partial charge in [0.2, 0.25) is 0 Å². The van der Waals surface area contributed by atoms with E-state index in [-0.39, 0.29) is 0 Å². The van der Waals surface area contributed by atoms with Crippen LogP contribution in [-0.2, 0) is 6.42 Å². The number of benzene rings is 3. The van der Waals surface area contributed by atoms with Crippen LogP contribution in [-0.4, -0.2) is 13.1 Å². The Labute approximate surface area is 168 Å². The highest BCUT2D eigenvalue weighted by molar-refractivity contribution is 5.94. The van der Waals surface area contributed by atoms with Gasteiger partial charge in [-0.15, -0.1) is 0 Å². The van der Waals surface area contributed by atoms with Crippen LogP contribution in [0.25, 0.3) is 17.7 Å². The molecule has 0 saturated heterocycles.